The van der Waals surface area contributed by atoms with Crippen LogP contribution in [0.5, 0.6) is 6.01 Å². The van der Waals surface area contributed by atoms with Gasteiger partial charge in [0.05, 0.1) is 6.61 Å². The topological polar surface area (TPSA) is 79.9 Å². The van der Waals surface area contributed by atoms with E-state index in [9.17, 15) is 4.79 Å². The molecule has 1 aromatic heterocycles. The number of benzene rings is 2. The van der Waals surface area contributed by atoms with E-state index >= 15 is 0 Å². The first-order valence-corrected chi connectivity index (χ1v) is 6.61. The highest BCUT2D eigenvalue weighted by atomic mass is 16.5. The smallest absolute Gasteiger partial charge is 0.337 e. The van der Waals surface area contributed by atoms with E-state index in [2.05, 4.69) is 20.5 Å². The fourth-order valence-corrected chi connectivity index (χ4v) is 2.01. The standard InChI is InChI=1S/C15H14N4O2/c1-2-21-15-17-14(18-19-15)16-13(20)12-8-7-10-5-3-4-6-11(10)9-12/h3-9H,2H2,1H3,(H2,16,17,18,19,20). The Morgan fingerprint density at radius 3 is 2.86 bits per heavy atom. The van der Waals surface area contributed by atoms with E-state index in [4.69, 9.17) is 4.74 Å². The van der Waals surface area contributed by atoms with Crippen LogP contribution in [0.15, 0.2) is 42.5 Å². The van der Waals surface area contributed by atoms with E-state index in [0.717, 1.165) is 10.8 Å². The quantitative estimate of drug-likeness (QED) is 0.770. The first kappa shape index (κ1) is 13.1. The van der Waals surface area contributed by atoms with E-state index in [1.54, 1.807) is 6.07 Å². The van der Waals surface area contributed by atoms with Gasteiger partial charge in [-0.25, -0.2) is 5.10 Å². The van der Waals surface area contributed by atoms with Crippen LogP contribution in [-0.4, -0.2) is 27.7 Å². The second kappa shape index (κ2) is 5.62. The lowest BCUT2D eigenvalue weighted by Crippen LogP contribution is -2.12. The summed E-state index contributed by atoms with van der Waals surface area (Å²) in [6.45, 7) is 2.31. The number of carbonyl (C=O) groups excluding carboxylic acids is 1. The van der Waals surface area contributed by atoms with E-state index in [-0.39, 0.29) is 17.9 Å². The molecule has 6 heteroatoms. The predicted octanol–water partition coefficient (Wildman–Crippen LogP) is 2.61. The molecule has 0 radical (unpaired) electrons. The number of rotatable bonds is 4. The average Bonchev–Trinajstić information content (AvgIpc) is 2.94. The Balaban J connectivity index is 1.79. The zero-order chi connectivity index (χ0) is 14.7. The minimum Gasteiger partial charge on any atom is -0.463 e. The summed E-state index contributed by atoms with van der Waals surface area (Å²) in [5.41, 5.74) is 0.558. The molecule has 1 heterocycles. The summed E-state index contributed by atoms with van der Waals surface area (Å²) in [5.74, 6) is 0.0107. The summed E-state index contributed by atoms with van der Waals surface area (Å²) in [5, 5.41) is 11.2. The van der Waals surface area contributed by atoms with Crippen molar-refractivity contribution in [2.45, 2.75) is 6.92 Å². The Labute approximate surface area is 121 Å². The molecule has 2 aromatic carbocycles. The van der Waals surface area contributed by atoms with Gasteiger partial charge in [0.25, 0.3) is 5.91 Å². The molecule has 0 aliphatic heterocycles. The molecule has 6 nitrogen and oxygen atoms in total. The van der Waals surface area contributed by atoms with Gasteiger partial charge >= 0.3 is 6.01 Å². The molecule has 0 saturated heterocycles. The fraction of sp³-hybridized carbons (Fsp3) is 0.133. The van der Waals surface area contributed by atoms with E-state index < -0.39 is 0 Å². The van der Waals surface area contributed by atoms with Crippen LogP contribution in [0.1, 0.15) is 17.3 Å². The van der Waals surface area contributed by atoms with Gasteiger partial charge in [-0.1, -0.05) is 30.3 Å². The molecule has 0 bridgehead atoms. The molecule has 21 heavy (non-hydrogen) atoms. The van der Waals surface area contributed by atoms with Crippen LogP contribution in [0.3, 0.4) is 0 Å². The maximum Gasteiger partial charge on any atom is 0.337 e. The molecular formula is C15H14N4O2. The number of anilines is 1. The van der Waals surface area contributed by atoms with Crippen molar-refractivity contribution in [1.29, 1.82) is 0 Å². The monoisotopic (exact) mass is 282 g/mol. The lowest BCUT2D eigenvalue weighted by molar-refractivity contribution is 0.102. The van der Waals surface area contributed by atoms with Crippen molar-refractivity contribution in [3.63, 3.8) is 0 Å². The predicted molar refractivity (Wildman–Crippen MR) is 79.5 cm³/mol. The van der Waals surface area contributed by atoms with Crippen molar-refractivity contribution in [2.75, 3.05) is 11.9 Å². The van der Waals surface area contributed by atoms with Crippen molar-refractivity contribution in [3.05, 3.63) is 48.0 Å². The summed E-state index contributed by atoms with van der Waals surface area (Å²) in [6.07, 6.45) is 0. The van der Waals surface area contributed by atoms with Crippen LogP contribution in [0.4, 0.5) is 5.95 Å². The zero-order valence-corrected chi connectivity index (χ0v) is 11.5. The molecule has 0 saturated carbocycles. The van der Waals surface area contributed by atoms with Gasteiger partial charge in [-0.2, -0.15) is 4.98 Å². The number of fused-ring (bicyclic) bond motifs is 1. The van der Waals surface area contributed by atoms with Crippen LogP contribution < -0.4 is 10.1 Å². The van der Waals surface area contributed by atoms with Crippen molar-refractivity contribution in [1.82, 2.24) is 15.2 Å². The molecule has 3 aromatic rings. The Hall–Kier alpha value is -2.89. The number of aromatic nitrogens is 3. The normalized spacial score (nSPS) is 10.5. The third-order valence-corrected chi connectivity index (χ3v) is 2.98. The highest BCUT2D eigenvalue weighted by Gasteiger charge is 2.10. The Kier molecular flexibility index (Phi) is 3.51. The van der Waals surface area contributed by atoms with Gasteiger partial charge < -0.3 is 4.74 Å². The summed E-state index contributed by atoms with van der Waals surface area (Å²) < 4.78 is 5.13. The molecule has 0 atom stereocenters. The summed E-state index contributed by atoms with van der Waals surface area (Å²) in [4.78, 5) is 16.2. The van der Waals surface area contributed by atoms with Gasteiger partial charge in [-0.3, -0.25) is 10.1 Å². The SMILES string of the molecule is CCOc1n[nH]c(NC(=O)c2ccc3ccccc3c2)n1. The highest BCUT2D eigenvalue weighted by Crippen LogP contribution is 2.16. The van der Waals surface area contributed by atoms with E-state index in [0.29, 0.717) is 12.2 Å². The number of carbonyl (C=O) groups is 1. The Morgan fingerprint density at radius 2 is 2.05 bits per heavy atom. The molecule has 0 aliphatic rings. The molecule has 1 amide bonds. The van der Waals surface area contributed by atoms with Gasteiger partial charge in [0, 0.05) is 5.56 Å². The molecule has 0 unspecified atom stereocenters. The highest BCUT2D eigenvalue weighted by molar-refractivity contribution is 6.05. The lowest BCUT2D eigenvalue weighted by Gasteiger charge is -2.03. The van der Waals surface area contributed by atoms with Crippen LogP contribution in [-0.2, 0) is 0 Å². The molecular weight excluding hydrogens is 268 g/mol. The molecule has 106 valence electrons. The first-order valence-electron chi connectivity index (χ1n) is 6.61. The number of hydrogen-bond donors (Lipinski definition) is 2. The second-order valence-electron chi connectivity index (χ2n) is 4.42. The molecule has 0 aliphatic carbocycles. The van der Waals surface area contributed by atoms with Gasteiger partial charge in [-0.05, 0) is 29.8 Å². The number of ether oxygens (including phenoxy) is 1. The number of nitrogens with one attached hydrogen (secondary N) is 2. The van der Waals surface area contributed by atoms with E-state index in [1.807, 2.05) is 43.3 Å². The zero-order valence-electron chi connectivity index (χ0n) is 11.5. The van der Waals surface area contributed by atoms with Crippen LogP contribution in [0, 0.1) is 0 Å². The second-order valence-corrected chi connectivity index (χ2v) is 4.42. The van der Waals surface area contributed by atoms with Crippen molar-refractivity contribution >= 4 is 22.6 Å². The Bertz CT molecular complexity index is 782. The maximum absolute atomic E-state index is 12.2. The fourth-order valence-electron chi connectivity index (χ4n) is 2.01. The maximum atomic E-state index is 12.2. The van der Waals surface area contributed by atoms with Crippen LogP contribution in [0.25, 0.3) is 10.8 Å². The van der Waals surface area contributed by atoms with Gasteiger partial charge in [0.1, 0.15) is 0 Å². The van der Waals surface area contributed by atoms with E-state index in [1.165, 1.54) is 0 Å². The lowest BCUT2D eigenvalue weighted by atomic mass is 10.1. The van der Waals surface area contributed by atoms with Gasteiger partial charge in [-0.15, -0.1) is 5.10 Å². The molecule has 0 spiro atoms. The number of nitrogens with zero attached hydrogens (tertiary/aromatic N) is 2. The van der Waals surface area contributed by atoms with Crippen molar-refractivity contribution < 1.29 is 9.53 Å². The molecule has 3 rings (SSSR count). The minimum absolute atomic E-state index is 0.214. The minimum atomic E-state index is -0.250. The summed E-state index contributed by atoms with van der Waals surface area (Å²) in [6, 6.07) is 13.6. The summed E-state index contributed by atoms with van der Waals surface area (Å²) in [7, 11) is 0. The van der Waals surface area contributed by atoms with Gasteiger partial charge in [0.15, 0.2) is 0 Å². The number of H-pyrrole nitrogens is 1. The first-order chi connectivity index (χ1) is 10.3. The largest absolute Gasteiger partial charge is 0.463 e. The number of aromatic amines is 1. The van der Waals surface area contributed by atoms with Crippen molar-refractivity contribution in [3.8, 4) is 6.01 Å². The van der Waals surface area contributed by atoms with Crippen LogP contribution >= 0.6 is 0 Å². The number of amides is 1. The third kappa shape index (κ3) is 2.84. The van der Waals surface area contributed by atoms with Crippen molar-refractivity contribution in [2.24, 2.45) is 0 Å². The molecule has 2 N–H and O–H groups in total. The number of hydrogen-bond acceptors (Lipinski definition) is 4. The van der Waals surface area contributed by atoms with Crippen LogP contribution in [0.2, 0.25) is 0 Å². The molecule has 0 fully saturated rings. The average molecular weight is 282 g/mol. The van der Waals surface area contributed by atoms with Gasteiger partial charge in [0.2, 0.25) is 5.95 Å². The third-order valence-electron chi connectivity index (χ3n) is 2.98. The summed E-state index contributed by atoms with van der Waals surface area (Å²) >= 11 is 0. The Morgan fingerprint density at radius 1 is 1.24 bits per heavy atom.